The number of nitrogens with one attached hydrogen (secondary N) is 3. The molecule has 0 saturated carbocycles. The summed E-state index contributed by atoms with van der Waals surface area (Å²) in [6, 6.07) is 23.0. The van der Waals surface area contributed by atoms with E-state index in [1.807, 2.05) is 79.7 Å². The second kappa shape index (κ2) is 15.4. The van der Waals surface area contributed by atoms with Gasteiger partial charge in [-0.15, -0.1) is 0 Å². The van der Waals surface area contributed by atoms with Crippen LogP contribution >= 0.6 is 0 Å². The number of hydrogen-bond donors (Lipinski definition) is 3. The van der Waals surface area contributed by atoms with Crippen molar-refractivity contribution in [1.29, 1.82) is 0 Å². The molecule has 0 bridgehead atoms. The number of rotatable bonds is 10. The van der Waals surface area contributed by atoms with Crippen LogP contribution in [0.15, 0.2) is 97.6 Å². The molecule has 2 saturated heterocycles. The van der Waals surface area contributed by atoms with Crippen LogP contribution in [0.3, 0.4) is 0 Å². The van der Waals surface area contributed by atoms with Gasteiger partial charge < -0.3 is 15.5 Å². The van der Waals surface area contributed by atoms with Crippen molar-refractivity contribution in [1.82, 2.24) is 30.2 Å². The number of nitrogens with zero attached hydrogens (tertiary/aromatic N) is 7. The van der Waals surface area contributed by atoms with Crippen LogP contribution in [0.5, 0.6) is 0 Å². The Kier molecular flexibility index (Phi) is 10.1. The summed E-state index contributed by atoms with van der Waals surface area (Å²) < 4.78 is 0. The highest BCUT2D eigenvalue weighted by molar-refractivity contribution is 6.06. The van der Waals surface area contributed by atoms with E-state index < -0.39 is 6.03 Å². The molecule has 52 heavy (non-hydrogen) atoms. The molecule has 13 heteroatoms. The molecule has 7 rings (SSSR count). The van der Waals surface area contributed by atoms with Gasteiger partial charge in [-0.2, -0.15) is 0 Å². The molecular formula is C39H40N10O3. The number of urea groups is 1. The monoisotopic (exact) mass is 696 g/mol. The maximum absolute atomic E-state index is 13.2. The minimum absolute atomic E-state index is 0.188. The van der Waals surface area contributed by atoms with Gasteiger partial charge in [-0.05, 0) is 99.1 Å². The number of hydrogen-bond acceptors (Lipinski definition) is 10. The number of imide groups is 1. The third-order valence-electron chi connectivity index (χ3n) is 9.52. The quantitative estimate of drug-likeness (QED) is 0.164. The van der Waals surface area contributed by atoms with Crippen LogP contribution in [0.25, 0.3) is 11.3 Å². The zero-order valence-corrected chi connectivity index (χ0v) is 29.1. The van der Waals surface area contributed by atoms with Crippen LogP contribution in [0.4, 0.5) is 33.5 Å². The predicted molar refractivity (Wildman–Crippen MR) is 201 cm³/mol. The molecule has 2 fully saturated rings. The normalized spacial score (nSPS) is 15.1. The van der Waals surface area contributed by atoms with E-state index in [1.165, 1.54) is 4.90 Å². The molecule has 2 aliphatic heterocycles. The third-order valence-corrected chi connectivity index (χ3v) is 9.52. The Hall–Kier alpha value is -6.21. The number of piperidine rings is 1. The van der Waals surface area contributed by atoms with Crippen LogP contribution in [0.1, 0.15) is 40.9 Å². The Bertz CT molecular complexity index is 2050. The van der Waals surface area contributed by atoms with Crippen molar-refractivity contribution in [2.24, 2.45) is 0 Å². The van der Waals surface area contributed by atoms with Gasteiger partial charge in [-0.3, -0.25) is 34.7 Å². The second-order valence-corrected chi connectivity index (χ2v) is 13.1. The lowest BCUT2D eigenvalue weighted by Crippen LogP contribution is -2.49. The summed E-state index contributed by atoms with van der Waals surface area (Å²) in [5.74, 6) is 0.0120. The molecule has 2 aliphatic rings. The molecule has 0 aliphatic carbocycles. The van der Waals surface area contributed by atoms with E-state index >= 15 is 0 Å². The van der Waals surface area contributed by atoms with E-state index in [0.29, 0.717) is 42.0 Å². The van der Waals surface area contributed by atoms with Crippen LogP contribution in [-0.4, -0.2) is 75.4 Å². The van der Waals surface area contributed by atoms with Crippen molar-refractivity contribution in [3.63, 3.8) is 0 Å². The zero-order valence-electron chi connectivity index (χ0n) is 29.1. The fraction of sp³-hybridized carbons (Fsp3) is 0.256. The van der Waals surface area contributed by atoms with Gasteiger partial charge in [0, 0.05) is 85.4 Å². The molecule has 5 heterocycles. The second-order valence-electron chi connectivity index (χ2n) is 13.1. The first-order valence-corrected chi connectivity index (χ1v) is 17.3. The lowest BCUT2D eigenvalue weighted by atomic mass is 10.0. The van der Waals surface area contributed by atoms with Crippen molar-refractivity contribution in [2.45, 2.75) is 38.8 Å². The molecule has 3 aromatic heterocycles. The van der Waals surface area contributed by atoms with Crippen molar-refractivity contribution in [3.8, 4) is 11.3 Å². The molecule has 0 atom stereocenters. The maximum atomic E-state index is 13.2. The van der Waals surface area contributed by atoms with Gasteiger partial charge in [0.25, 0.3) is 5.91 Å². The van der Waals surface area contributed by atoms with Crippen LogP contribution in [0, 0.1) is 6.92 Å². The minimum atomic E-state index is -0.408. The Balaban J connectivity index is 0.902. The summed E-state index contributed by atoms with van der Waals surface area (Å²) in [5, 5.41) is 8.66. The van der Waals surface area contributed by atoms with Gasteiger partial charge in [-0.25, -0.2) is 14.8 Å². The minimum Gasteiger partial charge on any atom is -0.371 e. The lowest BCUT2D eigenvalue weighted by Gasteiger charge is -2.38. The number of carbonyl (C=O) groups excluding carboxylic acids is 3. The largest absolute Gasteiger partial charge is 0.371 e. The summed E-state index contributed by atoms with van der Waals surface area (Å²) in [5.41, 5.74) is 7.38. The maximum Gasteiger partial charge on any atom is 0.328 e. The van der Waals surface area contributed by atoms with Gasteiger partial charge in [0.2, 0.25) is 11.9 Å². The molecule has 13 nitrogen and oxygen atoms in total. The van der Waals surface area contributed by atoms with Gasteiger partial charge in [-0.1, -0.05) is 6.07 Å². The molecule has 5 aromatic rings. The Labute approximate surface area is 302 Å². The van der Waals surface area contributed by atoms with E-state index in [9.17, 15) is 14.4 Å². The highest BCUT2D eigenvalue weighted by Gasteiger charge is 2.26. The predicted octanol–water partition coefficient (Wildman–Crippen LogP) is 5.79. The van der Waals surface area contributed by atoms with Crippen LogP contribution < -0.4 is 25.8 Å². The van der Waals surface area contributed by atoms with Crippen molar-refractivity contribution in [3.05, 3.63) is 114 Å². The average molecular weight is 697 g/mol. The number of pyridine rings is 2. The smallest absolute Gasteiger partial charge is 0.328 e. The molecular weight excluding hydrogens is 656 g/mol. The van der Waals surface area contributed by atoms with Gasteiger partial charge in [0.05, 0.1) is 23.3 Å². The summed E-state index contributed by atoms with van der Waals surface area (Å²) in [4.78, 5) is 60.9. The number of aryl methyl sites for hydroxylation is 1. The molecule has 2 aromatic carbocycles. The standard InChI is InChI=1S/C39H40N10O3/c1-26-5-8-29(22-35(26)45-38-41-18-13-34(44-38)28-4-3-17-40-23-28)43-37(51)27-6-10-32(11-7-27)48-19-14-31(15-20-48)47(2)25-30-9-12-33(24-42-30)49-21-16-36(50)46-39(49)52/h3-13,17-18,22-24,31H,14-16,19-21,25H2,1-2H3,(H,43,51)(H,41,44,45)(H,46,50,52). The lowest BCUT2D eigenvalue weighted by molar-refractivity contribution is -0.120. The molecule has 0 spiro atoms. The van der Waals surface area contributed by atoms with Gasteiger partial charge >= 0.3 is 6.03 Å². The highest BCUT2D eigenvalue weighted by atomic mass is 16.2. The topological polar surface area (TPSA) is 149 Å². The molecule has 0 unspecified atom stereocenters. The van der Waals surface area contributed by atoms with Crippen LogP contribution in [-0.2, 0) is 11.3 Å². The van der Waals surface area contributed by atoms with Gasteiger partial charge in [0.1, 0.15) is 0 Å². The Morgan fingerprint density at radius 3 is 2.46 bits per heavy atom. The summed E-state index contributed by atoms with van der Waals surface area (Å²) in [6.45, 7) is 4.85. The van der Waals surface area contributed by atoms with Crippen LogP contribution in [0.2, 0.25) is 0 Å². The first-order chi connectivity index (χ1) is 25.3. The van der Waals surface area contributed by atoms with Crippen molar-refractivity contribution < 1.29 is 14.4 Å². The first kappa shape index (κ1) is 34.2. The Morgan fingerprint density at radius 2 is 1.73 bits per heavy atom. The fourth-order valence-corrected chi connectivity index (χ4v) is 6.51. The average Bonchev–Trinajstić information content (AvgIpc) is 3.17. The van der Waals surface area contributed by atoms with Crippen molar-refractivity contribution >= 4 is 46.5 Å². The number of amides is 4. The summed E-state index contributed by atoms with van der Waals surface area (Å²) in [7, 11) is 2.12. The number of carbonyl (C=O) groups is 3. The van der Waals surface area contributed by atoms with Crippen molar-refractivity contribution in [2.75, 3.05) is 47.1 Å². The highest BCUT2D eigenvalue weighted by Crippen LogP contribution is 2.27. The summed E-state index contributed by atoms with van der Waals surface area (Å²) in [6.07, 6.45) is 9.17. The summed E-state index contributed by atoms with van der Waals surface area (Å²) >= 11 is 0. The number of anilines is 5. The molecule has 3 N–H and O–H groups in total. The van der Waals surface area contributed by atoms with Gasteiger partial charge in [0.15, 0.2) is 0 Å². The number of benzene rings is 2. The van der Waals surface area contributed by atoms with E-state index in [2.05, 4.69) is 52.7 Å². The van der Waals surface area contributed by atoms with E-state index in [0.717, 1.165) is 59.8 Å². The Morgan fingerprint density at radius 1 is 0.923 bits per heavy atom. The molecule has 264 valence electrons. The number of aromatic nitrogens is 4. The SMILES string of the molecule is Cc1ccc(NC(=O)c2ccc(N3CCC(N(C)Cc4ccc(N5CCC(=O)NC5=O)cn4)CC3)cc2)cc1Nc1nccc(-c2cccnc2)n1. The first-order valence-electron chi connectivity index (χ1n) is 17.3. The van der Waals surface area contributed by atoms with E-state index in [1.54, 1.807) is 24.8 Å². The fourth-order valence-electron chi connectivity index (χ4n) is 6.51. The van der Waals surface area contributed by atoms with E-state index in [4.69, 9.17) is 0 Å². The molecule has 0 radical (unpaired) electrons. The molecule has 4 amide bonds. The van der Waals surface area contributed by atoms with E-state index in [-0.39, 0.29) is 18.2 Å². The zero-order chi connectivity index (χ0) is 36.0. The third kappa shape index (κ3) is 8.05.